The van der Waals surface area contributed by atoms with Crippen molar-refractivity contribution in [3.63, 3.8) is 0 Å². The topological polar surface area (TPSA) is 107 Å². The number of benzene rings is 3. The Kier molecular flexibility index (Phi) is 9.38. The van der Waals surface area contributed by atoms with Gasteiger partial charge in [-0.3, -0.25) is 19.6 Å². The summed E-state index contributed by atoms with van der Waals surface area (Å²) in [5.41, 5.74) is 3.09. The molecule has 2 saturated heterocycles. The van der Waals surface area contributed by atoms with Crippen molar-refractivity contribution >= 4 is 38.7 Å². The lowest BCUT2D eigenvalue weighted by atomic mass is 9.90. The van der Waals surface area contributed by atoms with Crippen molar-refractivity contribution in [2.75, 3.05) is 82.3 Å². The number of ether oxygens (including phenoxy) is 1. The van der Waals surface area contributed by atoms with Crippen molar-refractivity contribution in [1.82, 2.24) is 14.5 Å². The minimum Gasteiger partial charge on any atom is -0.379 e. The van der Waals surface area contributed by atoms with E-state index in [9.17, 15) is 13.2 Å². The Morgan fingerprint density at radius 3 is 2.34 bits per heavy atom. The molecule has 0 spiro atoms. The number of hydrogen-bond donors (Lipinski definition) is 2. The van der Waals surface area contributed by atoms with Gasteiger partial charge in [-0.05, 0) is 60.2 Å². The van der Waals surface area contributed by atoms with Crippen molar-refractivity contribution in [2.24, 2.45) is 10.9 Å². The second-order valence-electron chi connectivity index (χ2n) is 12.7. The fourth-order valence-corrected chi connectivity index (χ4v) is 7.65. The van der Waals surface area contributed by atoms with Crippen LogP contribution in [0.1, 0.15) is 29.9 Å². The van der Waals surface area contributed by atoms with Crippen LogP contribution in [0.2, 0.25) is 0 Å². The Morgan fingerprint density at radius 2 is 1.64 bits per heavy atom. The molecule has 7 rings (SSSR count). The molecule has 1 amide bonds. The maximum atomic E-state index is 15.7. The highest BCUT2D eigenvalue weighted by atomic mass is 32.2. The summed E-state index contributed by atoms with van der Waals surface area (Å²) in [5.74, 6) is -1.17. The average Bonchev–Trinajstić information content (AvgIpc) is 3.87. The van der Waals surface area contributed by atoms with Crippen molar-refractivity contribution in [1.29, 1.82) is 0 Å². The van der Waals surface area contributed by atoms with Gasteiger partial charge in [0.25, 0.3) is 0 Å². The minimum atomic E-state index is -3.75. The van der Waals surface area contributed by atoms with E-state index in [0.717, 1.165) is 78.4 Å². The van der Waals surface area contributed by atoms with Crippen molar-refractivity contribution in [3.05, 3.63) is 83.7 Å². The van der Waals surface area contributed by atoms with Gasteiger partial charge in [-0.2, -0.15) is 0 Å². The molecule has 3 heterocycles. The summed E-state index contributed by atoms with van der Waals surface area (Å²) in [6.07, 6.45) is 2.05. The number of fused-ring (bicyclic) bond motifs is 1. The van der Waals surface area contributed by atoms with E-state index < -0.39 is 15.9 Å². The summed E-state index contributed by atoms with van der Waals surface area (Å²) >= 11 is 0. The van der Waals surface area contributed by atoms with E-state index in [1.54, 1.807) is 24.3 Å². The van der Waals surface area contributed by atoms with Crippen molar-refractivity contribution in [2.45, 2.75) is 23.7 Å². The molecule has 3 aliphatic heterocycles. The number of morpholine rings is 1. The van der Waals surface area contributed by atoms with Gasteiger partial charge in [0.15, 0.2) is 0 Å². The maximum Gasteiger partial charge on any atom is 0.240 e. The number of sulfonamides is 1. The minimum absolute atomic E-state index is 0.0994. The molecule has 10 nitrogen and oxygen atoms in total. The van der Waals surface area contributed by atoms with Gasteiger partial charge in [0.2, 0.25) is 15.9 Å². The van der Waals surface area contributed by atoms with E-state index in [4.69, 9.17) is 9.73 Å². The van der Waals surface area contributed by atoms with E-state index in [1.807, 2.05) is 30.3 Å². The first-order valence-electron chi connectivity index (χ1n) is 16.5. The maximum absolute atomic E-state index is 15.7. The molecule has 0 bridgehead atoms. The highest BCUT2D eigenvalue weighted by Gasteiger charge is 2.37. The lowest BCUT2D eigenvalue weighted by Gasteiger charge is -2.37. The lowest BCUT2D eigenvalue weighted by Crippen LogP contribution is -2.49. The molecular weight excluding hydrogens is 619 g/mol. The molecule has 4 aliphatic rings. The number of carbonyl (C=O) groups is 1. The molecule has 1 unspecified atom stereocenters. The molecule has 1 saturated carbocycles. The number of piperazine rings is 1. The van der Waals surface area contributed by atoms with Crippen LogP contribution in [0.3, 0.4) is 0 Å². The van der Waals surface area contributed by atoms with Crippen LogP contribution >= 0.6 is 0 Å². The molecule has 3 aromatic carbocycles. The Balaban J connectivity index is 1.11. The molecule has 3 fully saturated rings. The monoisotopic (exact) mass is 660 g/mol. The summed E-state index contributed by atoms with van der Waals surface area (Å²) < 4.78 is 50.0. The van der Waals surface area contributed by atoms with Gasteiger partial charge in [-0.1, -0.05) is 30.3 Å². The summed E-state index contributed by atoms with van der Waals surface area (Å²) in [4.78, 5) is 25.4. The SMILES string of the molecule is O=C1Nc2ccc(S(=O)(=O)NCC3CC3)cc2C1C(=Nc1ccc(N2CCN(CCN3CCOCC3)CC2)c(F)c1)c1ccccc1. The summed E-state index contributed by atoms with van der Waals surface area (Å²) in [6, 6.07) is 18.9. The van der Waals surface area contributed by atoms with E-state index in [1.165, 1.54) is 12.1 Å². The molecule has 0 aromatic heterocycles. The van der Waals surface area contributed by atoms with Crippen LogP contribution in [-0.2, 0) is 19.6 Å². The number of rotatable bonds is 11. The quantitative estimate of drug-likeness (QED) is 0.302. The number of nitrogens with zero attached hydrogens (tertiary/aromatic N) is 4. The Labute approximate surface area is 275 Å². The molecule has 248 valence electrons. The first-order valence-corrected chi connectivity index (χ1v) is 18.0. The van der Waals surface area contributed by atoms with Gasteiger partial charge < -0.3 is 15.0 Å². The normalized spacial score (nSPS) is 21.1. The molecule has 1 aliphatic carbocycles. The van der Waals surface area contributed by atoms with Crippen molar-refractivity contribution < 1.29 is 22.3 Å². The Morgan fingerprint density at radius 1 is 0.915 bits per heavy atom. The van der Waals surface area contributed by atoms with Gasteiger partial charge in [-0.15, -0.1) is 0 Å². The lowest BCUT2D eigenvalue weighted by molar-refractivity contribution is -0.115. The standard InChI is InChI=1S/C35H41FN6O4S/c36-30-22-27(8-11-32(30)42-16-14-40(15-17-42)12-13-41-18-20-46-21-19-41)38-34(26-4-2-1-3-5-26)33-29-23-28(9-10-31(29)39-35(33)43)47(44,45)37-24-25-6-7-25/h1-5,8-11,22-23,25,33,37H,6-7,12-21,24H2,(H,39,43). The molecule has 0 radical (unpaired) electrons. The van der Waals surface area contributed by atoms with Gasteiger partial charge in [-0.25, -0.2) is 17.5 Å². The van der Waals surface area contributed by atoms with Crippen molar-refractivity contribution in [3.8, 4) is 0 Å². The fraction of sp³-hybridized carbons (Fsp3) is 0.429. The first-order chi connectivity index (χ1) is 22.8. The van der Waals surface area contributed by atoms with Gasteiger partial charge in [0.05, 0.1) is 35.2 Å². The predicted molar refractivity (Wildman–Crippen MR) is 181 cm³/mol. The van der Waals surface area contributed by atoms with E-state index in [2.05, 4.69) is 24.7 Å². The van der Waals surface area contributed by atoms with Gasteiger partial charge in [0, 0.05) is 70.7 Å². The van der Waals surface area contributed by atoms with Crippen LogP contribution in [-0.4, -0.2) is 102 Å². The highest BCUT2D eigenvalue weighted by molar-refractivity contribution is 7.89. The summed E-state index contributed by atoms with van der Waals surface area (Å²) in [5, 5.41) is 2.89. The van der Waals surface area contributed by atoms with Crippen LogP contribution in [0, 0.1) is 11.7 Å². The number of halogens is 1. The fourth-order valence-electron chi connectivity index (χ4n) is 6.50. The smallest absolute Gasteiger partial charge is 0.240 e. The second kappa shape index (κ2) is 13.8. The number of nitrogens with one attached hydrogen (secondary N) is 2. The molecule has 2 N–H and O–H groups in total. The largest absolute Gasteiger partial charge is 0.379 e. The predicted octanol–water partition coefficient (Wildman–Crippen LogP) is 3.82. The summed E-state index contributed by atoms with van der Waals surface area (Å²) in [6.45, 7) is 9.17. The van der Waals surface area contributed by atoms with E-state index in [-0.39, 0.29) is 16.6 Å². The third kappa shape index (κ3) is 7.42. The van der Waals surface area contributed by atoms with E-state index in [0.29, 0.717) is 46.4 Å². The van der Waals surface area contributed by atoms with Crippen LogP contribution in [0.4, 0.5) is 21.5 Å². The van der Waals surface area contributed by atoms with Crippen LogP contribution in [0.15, 0.2) is 76.6 Å². The zero-order chi connectivity index (χ0) is 32.4. The number of hydrogen-bond acceptors (Lipinski definition) is 8. The second-order valence-corrected chi connectivity index (χ2v) is 14.5. The molecule has 3 aromatic rings. The van der Waals surface area contributed by atoms with Crippen LogP contribution in [0.25, 0.3) is 0 Å². The zero-order valence-corrected chi connectivity index (χ0v) is 27.2. The van der Waals surface area contributed by atoms with E-state index >= 15 is 4.39 Å². The Bertz CT molecular complexity index is 1740. The molecule has 47 heavy (non-hydrogen) atoms. The van der Waals surface area contributed by atoms with Gasteiger partial charge >= 0.3 is 0 Å². The van der Waals surface area contributed by atoms with Crippen LogP contribution < -0.4 is 14.9 Å². The third-order valence-corrected chi connectivity index (χ3v) is 10.9. The highest BCUT2D eigenvalue weighted by Crippen LogP contribution is 2.38. The summed E-state index contributed by atoms with van der Waals surface area (Å²) in [7, 11) is -3.75. The number of aliphatic imine (C=N–C) groups is 1. The van der Waals surface area contributed by atoms with Gasteiger partial charge in [0.1, 0.15) is 11.7 Å². The molecule has 1 atom stereocenters. The first kappa shape index (κ1) is 31.9. The third-order valence-electron chi connectivity index (χ3n) is 9.50. The number of amides is 1. The number of anilines is 2. The molecule has 12 heteroatoms. The number of carbonyl (C=O) groups excluding carboxylic acids is 1. The van der Waals surface area contributed by atoms with Crippen LogP contribution in [0.5, 0.6) is 0 Å². The average molecular weight is 661 g/mol. The Hall–Kier alpha value is -3.68. The molecular formula is C35H41FN6O4S. The zero-order valence-electron chi connectivity index (χ0n) is 26.4.